The highest BCUT2D eigenvalue weighted by Gasteiger charge is 2.46. The number of likely N-dealkylation sites (tertiary alicyclic amines) is 1. The standard InChI is InChI=1S/C27H28N2O8/c1-34-27(33)18-5-3-17(4-6-18)23-22(24(30)19-7-8-20-21(15-19)37-16-36-20)25(31)26(32)29(23)10-2-9-28-11-13-35-14-12-28/h3-8,15,23,30H,2,9-14,16H2,1H3/b24-22+. The van der Waals surface area contributed by atoms with Crippen molar-refractivity contribution >= 4 is 23.4 Å². The van der Waals surface area contributed by atoms with Gasteiger partial charge in [0, 0.05) is 31.7 Å². The minimum absolute atomic E-state index is 0.0129. The highest BCUT2D eigenvalue weighted by molar-refractivity contribution is 6.46. The van der Waals surface area contributed by atoms with Crippen LogP contribution in [0, 0.1) is 0 Å². The van der Waals surface area contributed by atoms with Crippen LogP contribution in [-0.2, 0) is 19.1 Å². The van der Waals surface area contributed by atoms with E-state index in [1.165, 1.54) is 12.0 Å². The molecule has 10 heteroatoms. The zero-order valence-corrected chi connectivity index (χ0v) is 20.5. The van der Waals surface area contributed by atoms with Gasteiger partial charge in [-0.1, -0.05) is 12.1 Å². The Morgan fingerprint density at radius 2 is 1.70 bits per heavy atom. The van der Waals surface area contributed by atoms with Gasteiger partial charge in [-0.3, -0.25) is 14.5 Å². The summed E-state index contributed by atoms with van der Waals surface area (Å²) in [5.41, 5.74) is 1.26. The SMILES string of the molecule is COC(=O)c1ccc(C2/C(=C(\O)c3ccc4c(c3)OCO4)C(=O)C(=O)N2CCCN2CCOCC2)cc1. The van der Waals surface area contributed by atoms with E-state index < -0.39 is 23.7 Å². The third-order valence-electron chi connectivity index (χ3n) is 6.81. The number of rotatable bonds is 7. The number of nitrogens with zero attached hydrogens (tertiary/aromatic N) is 2. The lowest BCUT2D eigenvalue weighted by Crippen LogP contribution is -2.39. The van der Waals surface area contributed by atoms with E-state index in [4.69, 9.17) is 18.9 Å². The van der Waals surface area contributed by atoms with E-state index in [2.05, 4.69) is 4.90 Å². The smallest absolute Gasteiger partial charge is 0.337 e. The topological polar surface area (TPSA) is 115 Å². The number of ketones is 1. The lowest BCUT2D eigenvalue weighted by Gasteiger charge is -2.29. The first kappa shape index (κ1) is 24.8. The average molecular weight is 509 g/mol. The molecule has 194 valence electrons. The molecule has 37 heavy (non-hydrogen) atoms. The van der Waals surface area contributed by atoms with Gasteiger partial charge < -0.3 is 29.0 Å². The second-order valence-electron chi connectivity index (χ2n) is 8.98. The fourth-order valence-electron chi connectivity index (χ4n) is 4.87. The Morgan fingerprint density at radius 1 is 1.00 bits per heavy atom. The monoisotopic (exact) mass is 508 g/mol. The van der Waals surface area contributed by atoms with Crippen LogP contribution in [0.1, 0.15) is 33.9 Å². The van der Waals surface area contributed by atoms with Crippen molar-refractivity contribution in [2.24, 2.45) is 0 Å². The molecule has 1 atom stereocenters. The summed E-state index contributed by atoms with van der Waals surface area (Å²) in [4.78, 5) is 42.2. The van der Waals surface area contributed by atoms with Gasteiger partial charge >= 0.3 is 5.97 Å². The van der Waals surface area contributed by atoms with Crippen LogP contribution in [0.4, 0.5) is 0 Å². The summed E-state index contributed by atoms with van der Waals surface area (Å²) < 4.78 is 20.9. The zero-order chi connectivity index (χ0) is 25.9. The summed E-state index contributed by atoms with van der Waals surface area (Å²) >= 11 is 0. The molecule has 2 aromatic carbocycles. The molecular formula is C27H28N2O8. The van der Waals surface area contributed by atoms with Crippen LogP contribution >= 0.6 is 0 Å². The fourth-order valence-corrected chi connectivity index (χ4v) is 4.87. The molecule has 0 saturated carbocycles. The number of benzene rings is 2. The van der Waals surface area contributed by atoms with Gasteiger partial charge in [-0.2, -0.15) is 0 Å². The number of carbonyl (C=O) groups is 3. The van der Waals surface area contributed by atoms with Gasteiger partial charge in [0.15, 0.2) is 11.5 Å². The maximum atomic E-state index is 13.3. The van der Waals surface area contributed by atoms with Gasteiger partial charge in [0.25, 0.3) is 11.7 Å². The summed E-state index contributed by atoms with van der Waals surface area (Å²) in [6.07, 6.45) is 0.647. The van der Waals surface area contributed by atoms with Crippen LogP contribution in [-0.4, -0.2) is 85.9 Å². The Morgan fingerprint density at radius 3 is 2.43 bits per heavy atom. The summed E-state index contributed by atoms with van der Waals surface area (Å²) in [6.45, 7) is 4.13. The molecule has 0 spiro atoms. The number of hydrogen-bond acceptors (Lipinski definition) is 9. The molecule has 1 N–H and O–H groups in total. The number of hydrogen-bond donors (Lipinski definition) is 1. The van der Waals surface area contributed by atoms with E-state index in [-0.39, 0.29) is 18.1 Å². The highest BCUT2D eigenvalue weighted by Crippen LogP contribution is 2.41. The predicted molar refractivity (Wildman–Crippen MR) is 131 cm³/mol. The van der Waals surface area contributed by atoms with Crippen molar-refractivity contribution in [2.75, 3.05) is 53.3 Å². The minimum atomic E-state index is -0.818. The van der Waals surface area contributed by atoms with Crippen LogP contribution in [0.25, 0.3) is 5.76 Å². The number of aliphatic hydroxyl groups excluding tert-OH is 1. The van der Waals surface area contributed by atoms with Crippen molar-refractivity contribution in [1.82, 2.24) is 9.80 Å². The molecule has 0 aromatic heterocycles. The van der Waals surface area contributed by atoms with Crippen molar-refractivity contribution in [3.8, 4) is 11.5 Å². The van der Waals surface area contributed by atoms with Crippen molar-refractivity contribution in [3.63, 3.8) is 0 Å². The second-order valence-corrected chi connectivity index (χ2v) is 8.98. The third-order valence-corrected chi connectivity index (χ3v) is 6.81. The Labute approximate surface area is 214 Å². The van der Waals surface area contributed by atoms with E-state index in [0.717, 1.165) is 19.6 Å². The molecule has 1 unspecified atom stereocenters. The molecule has 0 aliphatic carbocycles. The van der Waals surface area contributed by atoms with E-state index in [9.17, 15) is 19.5 Å². The zero-order valence-electron chi connectivity index (χ0n) is 20.5. The Kier molecular flexibility index (Phi) is 7.11. The summed E-state index contributed by atoms with van der Waals surface area (Å²) in [6, 6.07) is 10.5. The van der Waals surface area contributed by atoms with E-state index in [1.807, 2.05) is 0 Å². The molecule has 2 saturated heterocycles. The molecule has 2 aromatic rings. The van der Waals surface area contributed by atoms with Crippen LogP contribution in [0.15, 0.2) is 48.0 Å². The number of carbonyl (C=O) groups excluding carboxylic acids is 3. The Bertz CT molecular complexity index is 1230. The predicted octanol–water partition coefficient (Wildman–Crippen LogP) is 2.35. The molecule has 1 amide bonds. The number of esters is 1. The fraction of sp³-hybridized carbons (Fsp3) is 0.370. The van der Waals surface area contributed by atoms with Crippen molar-refractivity contribution < 1.29 is 38.4 Å². The third kappa shape index (κ3) is 4.90. The lowest BCUT2D eigenvalue weighted by atomic mass is 9.94. The number of fused-ring (bicyclic) bond motifs is 1. The Hall–Kier alpha value is -3.89. The number of Topliss-reactive ketones (excluding diaryl/α,β-unsaturated/α-hetero) is 1. The van der Waals surface area contributed by atoms with Crippen LogP contribution < -0.4 is 9.47 Å². The van der Waals surface area contributed by atoms with E-state index in [1.54, 1.807) is 42.5 Å². The molecule has 10 nitrogen and oxygen atoms in total. The maximum Gasteiger partial charge on any atom is 0.337 e. The number of aliphatic hydroxyl groups is 1. The first-order chi connectivity index (χ1) is 18.0. The van der Waals surface area contributed by atoms with Gasteiger partial charge in [0.2, 0.25) is 6.79 Å². The number of morpholine rings is 1. The van der Waals surface area contributed by atoms with Gasteiger partial charge in [-0.25, -0.2) is 4.79 Å². The molecule has 2 fully saturated rings. The second kappa shape index (κ2) is 10.6. The molecule has 3 aliphatic heterocycles. The number of amides is 1. The van der Waals surface area contributed by atoms with Gasteiger partial charge in [0.1, 0.15) is 5.76 Å². The first-order valence-corrected chi connectivity index (χ1v) is 12.1. The quantitative estimate of drug-likeness (QED) is 0.260. The van der Waals surface area contributed by atoms with Crippen molar-refractivity contribution in [1.29, 1.82) is 0 Å². The minimum Gasteiger partial charge on any atom is -0.507 e. The average Bonchev–Trinajstić information content (AvgIpc) is 3.50. The molecule has 0 bridgehead atoms. The van der Waals surface area contributed by atoms with Crippen LogP contribution in [0.2, 0.25) is 0 Å². The maximum absolute atomic E-state index is 13.3. The Balaban J connectivity index is 1.49. The summed E-state index contributed by atoms with van der Waals surface area (Å²) in [5.74, 6) is -1.24. The molecular weight excluding hydrogens is 480 g/mol. The first-order valence-electron chi connectivity index (χ1n) is 12.1. The van der Waals surface area contributed by atoms with E-state index >= 15 is 0 Å². The largest absolute Gasteiger partial charge is 0.507 e. The molecule has 3 aliphatic rings. The van der Waals surface area contributed by atoms with Gasteiger partial charge in [-0.05, 0) is 42.3 Å². The lowest BCUT2D eigenvalue weighted by molar-refractivity contribution is -0.140. The normalized spacial score (nSPS) is 20.9. The van der Waals surface area contributed by atoms with Crippen molar-refractivity contribution in [3.05, 3.63) is 64.7 Å². The molecule has 0 radical (unpaired) electrons. The van der Waals surface area contributed by atoms with Crippen LogP contribution in [0.3, 0.4) is 0 Å². The van der Waals surface area contributed by atoms with E-state index in [0.29, 0.717) is 54.4 Å². The summed E-state index contributed by atoms with van der Waals surface area (Å²) in [7, 11) is 1.30. The molecule has 5 rings (SSSR count). The number of ether oxygens (including phenoxy) is 4. The van der Waals surface area contributed by atoms with Crippen molar-refractivity contribution in [2.45, 2.75) is 12.5 Å². The van der Waals surface area contributed by atoms with Gasteiger partial charge in [0.05, 0.1) is 37.5 Å². The van der Waals surface area contributed by atoms with Gasteiger partial charge in [-0.15, -0.1) is 0 Å². The molecule has 3 heterocycles. The number of methoxy groups -OCH3 is 1. The summed E-state index contributed by atoms with van der Waals surface area (Å²) in [5, 5.41) is 11.3. The van der Waals surface area contributed by atoms with Crippen LogP contribution in [0.5, 0.6) is 11.5 Å². The highest BCUT2D eigenvalue weighted by atomic mass is 16.7.